The molecular weight excluding hydrogens is 216 g/mol. The van der Waals surface area contributed by atoms with Crippen LogP contribution in [0.5, 0.6) is 5.75 Å². The fourth-order valence-electron chi connectivity index (χ4n) is 2.09. The zero-order valence-electron chi connectivity index (χ0n) is 10.0. The molecule has 1 heterocycles. The van der Waals surface area contributed by atoms with Crippen LogP contribution in [0.25, 0.3) is 0 Å². The van der Waals surface area contributed by atoms with E-state index < -0.39 is 0 Å². The Labute approximate surface area is 101 Å². The Kier molecular flexibility index (Phi) is 3.64. The Morgan fingerprint density at radius 2 is 2.12 bits per heavy atom. The molecule has 2 rings (SSSR count). The molecule has 1 atom stereocenters. The summed E-state index contributed by atoms with van der Waals surface area (Å²) in [5.74, 6) is 0.429. The van der Waals surface area contributed by atoms with Gasteiger partial charge in [-0.15, -0.1) is 0 Å². The summed E-state index contributed by atoms with van der Waals surface area (Å²) in [5.41, 5.74) is 1.05. The first-order chi connectivity index (χ1) is 8.20. The summed E-state index contributed by atoms with van der Waals surface area (Å²) in [7, 11) is 0. The number of aromatic hydroxyl groups is 1. The van der Waals surface area contributed by atoms with Gasteiger partial charge in [0.1, 0.15) is 5.75 Å². The van der Waals surface area contributed by atoms with Gasteiger partial charge in [0.15, 0.2) is 0 Å². The van der Waals surface area contributed by atoms with Gasteiger partial charge in [0.25, 0.3) is 0 Å². The quantitative estimate of drug-likeness (QED) is 0.823. The van der Waals surface area contributed by atoms with Crippen LogP contribution in [-0.2, 0) is 11.3 Å². The number of carbonyl (C=O) groups is 1. The Hall–Kier alpha value is -1.55. The average molecular weight is 234 g/mol. The minimum absolute atomic E-state index is 0.0409. The van der Waals surface area contributed by atoms with Gasteiger partial charge in [0, 0.05) is 19.6 Å². The van der Waals surface area contributed by atoms with Crippen molar-refractivity contribution in [1.29, 1.82) is 0 Å². The van der Waals surface area contributed by atoms with Crippen LogP contribution in [0.1, 0.15) is 18.9 Å². The van der Waals surface area contributed by atoms with E-state index in [4.69, 9.17) is 0 Å². The summed E-state index contributed by atoms with van der Waals surface area (Å²) in [5, 5.41) is 12.4. The Morgan fingerprint density at radius 1 is 1.41 bits per heavy atom. The number of piperazine rings is 1. The number of nitrogens with one attached hydrogen (secondary N) is 1. The smallest absolute Gasteiger partial charge is 0.240 e. The molecule has 1 aromatic carbocycles. The first-order valence-corrected chi connectivity index (χ1v) is 6.00. The van der Waals surface area contributed by atoms with E-state index >= 15 is 0 Å². The second kappa shape index (κ2) is 5.19. The predicted molar refractivity (Wildman–Crippen MR) is 65.6 cm³/mol. The summed E-state index contributed by atoms with van der Waals surface area (Å²) in [6, 6.07) is 6.97. The lowest BCUT2D eigenvalue weighted by atomic mass is 10.1. The number of benzene rings is 1. The third-order valence-electron chi connectivity index (χ3n) is 3.10. The molecular formula is C13H18N2O2. The van der Waals surface area contributed by atoms with Crippen LogP contribution in [0.15, 0.2) is 24.3 Å². The molecule has 1 unspecified atom stereocenters. The molecule has 17 heavy (non-hydrogen) atoms. The number of hydrogen-bond donors (Lipinski definition) is 2. The molecule has 4 nitrogen and oxygen atoms in total. The third-order valence-corrected chi connectivity index (χ3v) is 3.10. The number of nitrogens with zero attached hydrogens (tertiary/aromatic N) is 1. The Bertz CT molecular complexity index is 389. The number of phenols is 1. The largest absolute Gasteiger partial charge is 0.508 e. The lowest BCUT2D eigenvalue weighted by Crippen LogP contribution is -2.54. The van der Waals surface area contributed by atoms with Gasteiger partial charge in [0.2, 0.25) is 5.91 Å². The second-order valence-electron chi connectivity index (χ2n) is 4.34. The van der Waals surface area contributed by atoms with Gasteiger partial charge >= 0.3 is 0 Å². The van der Waals surface area contributed by atoms with E-state index in [1.807, 2.05) is 24.0 Å². The Balaban J connectivity index is 2.02. The van der Waals surface area contributed by atoms with E-state index in [9.17, 15) is 9.90 Å². The van der Waals surface area contributed by atoms with Crippen molar-refractivity contribution in [3.63, 3.8) is 0 Å². The van der Waals surface area contributed by atoms with Crippen LogP contribution >= 0.6 is 0 Å². The fourth-order valence-corrected chi connectivity index (χ4v) is 2.09. The molecule has 0 bridgehead atoms. The Morgan fingerprint density at radius 3 is 2.76 bits per heavy atom. The number of amides is 1. The SMILES string of the molecule is CCC1NCCN(Cc2ccc(O)cc2)C1=O. The number of rotatable bonds is 3. The van der Waals surface area contributed by atoms with Crippen molar-refractivity contribution in [1.82, 2.24) is 10.2 Å². The molecule has 0 aliphatic carbocycles. The van der Waals surface area contributed by atoms with E-state index in [1.165, 1.54) is 0 Å². The lowest BCUT2D eigenvalue weighted by molar-refractivity contribution is -0.136. The maximum absolute atomic E-state index is 12.0. The van der Waals surface area contributed by atoms with E-state index in [2.05, 4.69) is 5.32 Å². The standard InChI is InChI=1S/C13H18N2O2/c1-2-12-13(17)15(8-7-14-12)9-10-3-5-11(16)6-4-10/h3-6,12,14,16H,2,7-9H2,1H3. The molecule has 1 fully saturated rings. The van der Waals surface area contributed by atoms with Gasteiger partial charge < -0.3 is 15.3 Å². The average Bonchev–Trinajstić information content (AvgIpc) is 2.35. The summed E-state index contributed by atoms with van der Waals surface area (Å²) >= 11 is 0. The summed E-state index contributed by atoms with van der Waals surface area (Å²) < 4.78 is 0. The van der Waals surface area contributed by atoms with Crippen molar-refractivity contribution in [2.45, 2.75) is 25.9 Å². The predicted octanol–water partition coefficient (Wildman–Crippen LogP) is 1.10. The van der Waals surface area contributed by atoms with Gasteiger partial charge in [-0.1, -0.05) is 19.1 Å². The summed E-state index contributed by atoms with van der Waals surface area (Å²) in [6.07, 6.45) is 0.824. The van der Waals surface area contributed by atoms with Gasteiger partial charge in [0.05, 0.1) is 6.04 Å². The maximum Gasteiger partial charge on any atom is 0.240 e. The highest BCUT2D eigenvalue weighted by Crippen LogP contribution is 2.14. The first kappa shape index (κ1) is 11.9. The topological polar surface area (TPSA) is 52.6 Å². The molecule has 92 valence electrons. The van der Waals surface area contributed by atoms with Gasteiger partial charge in [-0.3, -0.25) is 4.79 Å². The molecule has 1 aliphatic heterocycles. The normalized spacial score (nSPS) is 20.6. The highest BCUT2D eigenvalue weighted by Gasteiger charge is 2.26. The van der Waals surface area contributed by atoms with Gasteiger partial charge in [-0.05, 0) is 24.1 Å². The highest BCUT2D eigenvalue weighted by atomic mass is 16.3. The fraction of sp³-hybridized carbons (Fsp3) is 0.462. The third kappa shape index (κ3) is 2.77. The zero-order chi connectivity index (χ0) is 12.3. The zero-order valence-corrected chi connectivity index (χ0v) is 10.0. The number of hydrogen-bond acceptors (Lipinski definition) is 3. The highest BCUT2D eigenvalue weighted by molar-refractivity contribution is 5.82. The summed E-state index contributed by atoms with van der Waals surface area (Å²) in [6.45, 7) is 4.23. The van der Waals surface area contributed by atoms with Crippen molar-refractivity contribution < 1.29 is 9.90 Å². The molecule has 1 amide bonds. The van der Waals surface area contributed by atoms with Crippen molar-refractivity contribution in [3.05, 3.63) is 29.8 Å². The minimum atomic E-state index is -0.0409. The number of phenolic OH excluding ortho intramolecular Hbond substituents is 1. The number of carbonyl (C=O) groups excluding carboxylic acids is 1. The van der Waals surface area contributed by atoms with Crippen LogP contribution in [0.3, 0.4) is 0 Å². The molecule has 1 aliphatic rings. The van der Waals surface area contributed by atoms with Crippen LogP contribution in [0.2, 0.25) is 0 Å². The summed E-state index contributed by atoms with van der Waals surface area (Å²) in [4.78, 5) is 13.9. The van der Waals surface area contributed by atoms with Crippen molar-refractivity contribution in [3.8, 4) is 5.75 Å². The van der Waals surface area contributed by atoms with Crippen LogP contribution in [0.4, 0.5) is 0 Å². The minimum Gasteiger partial charge on any atom is -0.508 e. The van der Waals surface area contributed by atoms with Gasteiger partial charge in [-0.2, -0.15) is 0 Å². The molecule has 0 spiro atoms. The van der Waals surface area contributed by atoms with Crippen molar-refractivity contribution >= 4 is 5.91 Å². The van der Waals surface area contributed by atoms with Gasteiger partial charge in [-0.25, -0.2) is 0 Å². The van der Waals surface area contributed by atoms with E-state index in [-0.39, 0.29) is 17.7 Å². The second-order valence-corrected chi connectivity index (χ2v) is 4.34. The molecule has 0 saturated carbocycles. The van der Waals surface area contributed by atoms with Crippen molar-refractivity contribution in [2.24, 2.45) is 0 Å². The molecule has 2 N–H and O–H groups in total. The lowest BCUT2D eigenvalue weighted by Gasteiger charge is -2.32. The molecule has 1 saturated heterocycles. The van der Waals surface area contributed by atoms with E-state index in [1.54, 1.807) is 12.1 Å². The van der Waals surface area contributed by atoms with Crippen LogP contribution in [-0.4, -0.2) is 35.0 Å². The molecule has 0 radical (unpaired) electrons. The van der Waals surface area contributed by atoms with Crippen molar-refractivity contribution in [2.75, 3.05) is 13.1 Å². The van der Waals surface area contributed by atoms with E-state index in [0.29, 0.717) is 6.54 Å². The van der Waals surface area contributed by atoms with Crippen LogP contribution < -0.4 is 5.32 Å². The van der Waals surface area contributed by atoms with E-state index in [0.717, 1.165) is 25.1 Å². The van der Waals surface area contributed by atoms with Crippen LogP contribution in [0, 0.1) is 0 Å². The molecule has 0 aromatic heterocycles. The first-order valence-electron chi connectivity index (χ1n) is 6.00. The molecule has 4 heteroatoms. The molecule has 1 aromatic rings. The maximum atomic E-state index is 12.0. The monoisotopic (exact) mass is 234 g/mol.